The molecule has 0 fully saturated rings. The zero-order chi connectivity index (χ0) is 21.3. The second kappa shape index (κ2) is 7.81. The van der Waals surface area contributed by atoms with Crippen molar-refractivity contribution in [1.82, 2.24) is 14.0 Å². The van der Waals surface area contributed by atoms with E-state index in [9.17, 15) is 13.2 Å². The van der Waals surface area contributed by atoms with Gasteiger partial charge in [-0.1, -0.05) is 5.16 Å². The van der Waals surface area contributed by atoms with E-state index in [1.54, 1.807) is 6.08 Å². The highest BCUT2D eigenvalue weighted by Crippen LogP contribution is 2.22. The molecule has 0 spiro atoms. The van der Waals surface area contributed by atoms with E-state index in [4.69, 9.17) is 4.52 Å². The molecule has 2 aromatic heterocycles. The molecule has 0 aliphatic heterocycles. The smallest absolute Gasteiger partial charge is 0.242 e. The number of aryl methyl sites for hydroxylation is 2. The van der Waals surface area contributed by atoms with E-state index in [-0.39, 0.29) is 10.7 Å². The quantitative estimate of drug-likeness (QED) is 0.456. The Morgan fingerprint density at radius 3 is 2.31 bits per heavy atom. The Labute approximate surface area is 170 Å². The highest BCUT2D eigenvalue weighted by atomic mass is 32.2. The number of sulfonamides is 1. The summed E-state index contributed by atoms with van der Waals surface area (Å²) in [7, 11) is -0.587. The van der Waals surface area contributed by atoms with Crippen molar-refractivity contribution >= 4 is 21.9 Å². The van der Waals surface area contributed by atoms with Crippen molar-refractivity contribution in [3.63, 3.8) is 0 Å². The molecule has 0 aliphatic carbocycles. The largest absolute Gasteiger partial charge is 0.360 e. The van der Waals surface area contributed by atoms with Gasteiger partial charge >= 0.3 is 0 Å². The Balaban J connectivity index is 1.83. The Hall–Kier alpha value is -2.97. The van der Waals surface area contributed by atoms with Gasteiger partial charge in [-0.2, -0.15) is 0 Å². The second-order valence-electron chi connectivity index (χ2n) is 6.97. The minimum atomic E-state index is -3.52. The third-order valence-electron chi connectivity index (χ3n) is 4.65. The number of rotatable bonds is 6. The van der Waals surface area contributed by atoms with Gasteiger partial charge in [-0.25, -0.2) is 12.7 Å². The fourth-order valence-corrected chi connectivity index (χ4v) is 3.93. The molecule has 7 nitrogen and oxygen atoms in total. The van der Waals surface area contributed by atoms with Gasteiger partial charge in [0.2, 0.25) is 10.0 Å². The predicted octanol–water partition coefficient (Wildman–Crippen LogP) is 3.54. The van der Waals surface area contributed by atoms with E-state index in [0.717, 1.165) is 27.0 Å². The zero-order valence-corrected chi connectivity index (χ0v) is 17.8. The van der Waals surface area contributed by atoms with Crippen LogP contribution in [0, 0.1) is 20.8 Å². The molecule has 0 saturated heterocycles. The summed E-state index contributed by atoms with van der Waals surface area (Å²) in [5, 5.41) is 4.05. The van der Waals surface area contributed by atoms with Crippen molar-refractivity contribution in [3.05, 3.63) is 70.7 Å². The number of hydrogen-bond acceptors (Lipinski definition) is 5. The van der Waals surface area contributed by atoms with E-state index >= 15 is 0 Å². The van der Waals surface area contributed by atoms with Crippen LogP contribution in [0.15, 0.2) is 51.9 Å². The van der Waals surface area contributed by atoms with Crippen molar-refractivity contribution in [1.29, 1.82) is 0 Å². The maximum Gasteiger partial charge on any atom is 0.242 e. The van der Waals surface area contributed by atoms with Crippen LogP contribution in [-0.2, 0) is 10.0 Å². The summed E-state index contributed by atoms with van der Waals surface area (Å²) < 4.78 is 32.5. The summed E-state index contributed by atoms with van der Waals surface area (Å²) in [5.74, 6) is 1.21. The topological polar surface area (TPSA) is 85.4 Å². The van der Waals surface area contributed by atoms with Crippen molar-refractivity contribution in [2.45, 2.75) is 25.7 Å². The van der Waals surface area contributed by atoms with Crippen LogP contribution in [0.4, 0.5) is 0 Å². The summed E-state index contributed by atoms with van der Waals surface area (Å²) >= 11 is 0. The first-order chi connectivity index (χ1) is 13.6. The fourth-order valence-electron chi connectivity index (χ4n) is 3.03. The lowest BCUT2D eigenvalue weighted by molar-refractivity contribution is 0.104. The molecule has 8 heteroatoms. The zero-order valence-electron chi connectivity index (χ0n) is 17.0. The van der Waals surface area contributed by atoms with Crippen LogP contribution >= 0.6 is 0 Å². The lowest BCUT2D eigenvalue weighted by Crippen LogP contribution is -2.22. The standard InChI is InChI=1S/C21H23N3O4S/c1-14-12-18(16(3)24(14)21-13-15(2)28-22-21)8-11-20(25)17-6-9-19(10-7-17)29(26,27)23(4)5/h6-13H,1-5H3/b11-8+. The van der Waals surface area contributed by atoms with Crippen molar-refractivity contribution < 1.29 is 17.7 Å². The minimum Gasteiger partial charge on any atom is -0.360 e. The van der Waals surface area contributed by atoms with Crippen molar-refractivity contribution in [3.8, 4) is 5.82 Å². The molecule has 3 aromatic rings. The molecule has 3 rings (SSSR count). The molecule has 0 aliphatic rings. The summed E-state index contributed by atoms with van der Waals surface area (Å²) in [6, 6.07) is 9.73. The number of allylic oxidation sites excluding steroid dienone is 1. The van der Waals surface area contributed by atoms with E-state index in [2.05, 4.69) is 5.16 Å². The Morgan fingerprint density at radius 1 is 1.10 bits per heavy atom. The van der Waals surface area contributed by atoms with Gasteiger partial charge in [-0.15, -0.1) is 0 Å². The van der Waals surface area contributed by atoms with Gasteiger partial charge in [-0.3, -0.25) is 9.36 Å². The Bertz CT molecular complexity index is 1180. The summed E-state index contributed by atoms with van der Waals surface area (Å²) in [5.41, 5.74) is 3.22. The molecule has 152 valence electrons. The first-order valence-corrected chi connectivity index (χ1v) is 10.4. The number of carbonyl (C=O) groups excluding carboxylic acids is 1. The minimum absolute atomic E-state index is 0.148. The third-order valence-corrected chi connectivity index (χ3v) is 6.48. The van der Waals surface area contributed by atoms with Gasteiger partial charge in [0.15, 0.2) is 11.6 Å². The lowest BCUT2D eigenvalue weighted by atomic mass is 10.1. The lowest BCUT2D eigenvalue weighted by Gasteiger charge is -2.11. The molecular weight excluding hydrogens is 390 g/mol. The average molecular weight is 413 g/mol. The van der Waals surface area contributed by atoms with Crippen molar-refractivity contribution in [2.24, 2.45) is 0 Å². The fraction of sp³-hybridized carbons (Fsp3) is 0.238. The summed E-state index contributed by atoms with van der Waals surface area (Å²) in [6.07, 6.45) is 3.23. The summed E-state index contributed by atoms with van der Waals surface area (Å²) in [4.78, 5) is 12.7. The monoisotopic (exact) mass is 413 g/mol. The highest BCUT2D eigenvalue weighted by molar-refractivity contribution is 7.89. The molecule has 0 atom stereocenters. The van der Waals surface area contributed by atoms with E-state index in [1.165, 1.54) is 44.4 Å². The molecule has 0 amide bonds. The Morgan fingerprint density at radius 2 is 1.76 bits per heavy atom. The number of hydrogen-bond donors (Lipinski definition) is 0. The van der Waals surface area contributed by atoms with Crippen LogP contribution < -0.4 is 0 Å². The van der Waals surface area contributed by atoms with Crippen LogP contribution in [0.25, 0.3) is 11.9 Å². The summed E-state index contributed by atoms with van der Waals surface area (Å²) in [6.45, 7) is 5.74. The normalized spacial score (nSPS) is 12.2. The molecule has 0 N–H and O–H groups in total. The van der Waals surface area contributed by atoms with Crippen LogP contribution in [0.1, 0.15) is 33.1 Å². The molecule has 0 radical (unpaired) electrons. The van der Waals surface area contributed by atoms with Crippen LogP contribution in [0.5, 0.6) is 0 Å². The van der Waals surface area contributed by atoms with E-state index < -0.39 is 10.0 Å². The maximum absolute atomic E-state index is 12.5. The van der Waals surface area contributed by atoms with Crippen molar-refractivity contribution in [2.75, 3.05) is 14.1 Å². The van der Waals surface area contributed by atoms with Gasteiger partial charge in [0, 0.05) is 37.1 Å². The second-order valence-corrected chi connectivity index (χ2v) is 9.12. The van der Waals surface area contributed by atoms with Gasteiger partial charge < -0.3 is 4.52 Å². The van der Waals surface area contributed by atoms with Gasteiger partial charge in [0.25, 0.3) is 0 Å². The molecule has 0 unspecified atom stereocenters. The van der Waals surface area contributed by atoms with E-state index in [0.29, 0.717) is 11.4 Å². The SMILES string of the molecule is Cc1cc(-n2c(C)cc(/C=C/C(=O)c3ccc(S(=O)(=O)N(C)C)cc3)c2C)no1. The molecule has 1 aromatic carbocycles. The number of nitrogens with zero attached hydrogens (tertiary/aromatic N) is 3. The maximum atomic E-state index is 12.5. The number of ketones is 1. The van der Waals surface area contributed by atoms with Gasteiger partial charge in [0.05, 0.1) is 4.90 Å². The van der Waals surface area contributed by atoms with Crippen LogP contribution in [-0.4, -0.2) is 42.3 Å². The first kappa shape index (κ1) is 20.8. The number of aromatic nitrogens is 2. The molecule has 0 saturated carbocycles. The molecule has 2 heterocycles. The number of carbonyl (C=O) groups is 1. The first-order valence-electron chi connectivity index (χ1n) is 8.99. The predicted molar refractivity (Wildman–Crippen MR) is 111 cm³/mol. The molecule has 0 bridgehead atoms. The third kappa shape index (κ3) is 4.08. The van der Waals surface area contributed by atoms with Crippen LogP contribution in [0.3, 0.4) is 0 Å². The van der Waals surface area contributed by atoms with Gasteiger partial charge in [0.1, 0.15) is 5.76 Å². The molecular formula is C21H23N3O4S. The highest BCUT2D eigenvalue weighted by Gasteiger charge is 2.17. The average Bonchev–Trinajstić information content (AvgIpc) is 3.21. The Kier molecular flexibility index (Phi) is 5.59. The number of benzene rings is 1. The van der Waals surface area contributed by atoms with Crippen LogP contribution in [0.2, 0.25) is 0 Å². The molecule has 29 heavy (non-hydrogen) atoms. The van der Waals surface area contributed by atoms with E-state index in [1.807, 2.05) is 37.5 Å². The van der Waals surface area contributed by atoms with Gasteiger partial charge in [-0.05, 0) is 68.8 Å².